The highest BCUT2D eigenvalue weighted by Gasteiger charge is 2.11. The summed E-state index contributed by atoms with van der Waals surface area (Å²) in [4.78, 5) is 7.97. The number of aromatic nitrogens is 1. The minimum absolute atomic E-state index is 0.340. The maximum atomic E-state index is 12.9. The van der Waals surface area contributed by atoms with Gasteiger partial charge in [0.25, 0.3) is 0 Å². The molecule has 1 rings (SSSR count). The van der Waals surface area contributed by atoms with Crippen LogP contribution >= 0.6 is 15.9 Å². The molecule has 1 heterocycles. The van der Waals surface area contributed by atoms with Gasteiger partial charge in [-0.1, -0.05) is 0 Å². The van der Waals surface area contributed by atoms with E-state index >= 15 is 0 Å². The molecule has 3 nitrogen and oxygen atoms in total. The van der Waals surface area contributed by atoms with Gasteiger partial charge in [-0.05, 0) is 28.9 Å². The summed E-state index contributed by atoms with van der Waals surface area (Å²) in [6.07, 6.45) is 0.886. The first kappa shape index (κ1) is 9.57. The summed E-state index contributed by atoms with van der Waals surface area (Å²) < 4.78 is 13.6. The highest BCUT2D eigenvalue weighted by atomic mass is 79.9. The zero-order valence-electron chi connectivity index (χ0n) is 6.42. The van der Waals surface area contributed by atoms with Gasteiger partial charge in [0.2, 0.25) is 5.95 Å². The van der Waals surface area contributed by atoms with E-state index in [2.05, 4.69) is 25.8 Å². The van der Waals surface area contributed by atoms with Crippen molar-refractivity contribution in [2.75, 3.05) is 0 Å². The number of nitrogens with zero attached hydrogens (tertiary/aromatic N) is 1. The van der Waals surface area contributed by atoms with E-state index in [0.717, 1.165) is 0 Å². The van der Waals surface area contributed by atoms with Crippen molar-refractivity contribution < 1.29 is 9.23 Å². The first-order valence-corrected chi connectivity index (χ1v) is 4.11. The Labute approximate surface area is 77.8 Å². The topological polar surface area (TPSA) is 48.1 Å². The van der Waals surface area contributed by atoms with E-state index in [1.807, 2.05) is 0 Å². The van der Waals surface area contributed by atoms with Crippen LogP contribution in [0.15, 0.2) is 16.7 Å². The fourth-order valence-electron chi connectivity index (χ4n) is 0.797. The number of rotatable bonds is 2. The van der Waals surface area contributed by atoms with Crippen molar-refractivity contribution in [2.24, 2.45) is 5.90 Å². The minimum atomic E-state index is -0.559. The summed E-state index contributed by atoms with van der Waals surface area (Å²) in [5, 5.41) is 0. The SMILES string of the molecule is CC(ON)c1cc(Br)cnc1F. The zero-order chi connectivity index (χ0) is 9.14. The molecule has 1 atom stereocenters. The maximum Gasteiger partial charge on any atom is 0.218 e. The van der Waals surface area contributed by atoms with Crippen LogP contribution in [0, 0.1) is 5.95 Å². The van der Waals surface area contributed by atoms with Crippen molar-refractivity contribution in [1.29, 1.82) is 0 Å². The summed E-state index contributed by atoms with van der Waals surface area (Å²) in [6.45, 7) is 1.65. The van der Waals surface area contributed by atoms with Crippen LogP contribution in [0.5, 0.6) is 0 Å². The van der Waals surface area contributed by atoms with Gasteiger partial charge in [-0.15, -0.1) is 0 Å². The molecule has 0 fully saturated rings. The molecule has 1 unspecified atom stereocenters. The summed E-state index contributed by atoms with van der Waals surface area (Å²) >= 11 is 3.17. The molecule has 0 spiro atoms. The first-order valence-electron chi connectivity index (χ1n) is 3.31. The summed E-state index contributed by atoms with van der Waals surface area (Å²) in [7, 11) is 0. The average Bonchev–Trinajstić information content (AvgIpc) is 2.08. The fraction of sp³-hybridized carbons (Fsp3) is 0.286. The van der Waals surface area contributed by atoms with Crippen LogP contribution in [-0.2, 0) is 4.84 Å². The Balaban J connectivity index is 3.04. The van der Waals surface area contributed by atoms with Gasteiger partial charge < -0.3 is 0 Å². The van der Waals surface area contributed by atoms with Gasteiger partial charge >= 0.3 is 0 Å². The van der Waals surface area contributed by atoms with Crippen LogP contribution in [0.2, 0.25) is 0 Å². The highest BCUT2D eigenvalue weighted by Crippen LogP contribution is 2.20. The van der Waals surface area contributed by atoms with Crippen molar-refractivity contribution >= 4 is 15.9 Å². The monoisotopic (exact) mass is 234 g/mol. The normalized spacial score (nSPS) is 13.0. The quantitative estimate of drug-likeness (QED) is 0.629. The molecule has 1 aromatic rings. The minimum Gasteiger partial charge on any atom is -0.297 e. The number of pyridine rings is 1. The number of hydrogen-bond donors (Lipinski definition) is 1. The molecule has 1 aromatic heterocycles. The highest BCUT2D eigenvalue weighted by molar-refractivity contribution is 9.10. The maximum absolute atomic E-state index is 12.9. The van der Waals surface area contributed by atoms with Crippen LogP contribution in [0.1, 0.15) is 18.6 Å². The molecule has 0 amide bonds. The molecule has 0 aromatic carbocycles. The summed E-state index contributed by atoms with van der Waals surface area (Å²) in [5.74, 6) is 4.35. The molecule has 0 aliphatic heterocycles. The lowest BCUT2D eigenvalue weighted by Gasteiger charge is -2.08. The molecule has 66 valence electrons. The Morgan fingerprint density at radius 2 is 2.42 bits per heavy atom. The van der Waals surface area contributed by atoms with Crippen molar-refractivity contribution in [3.05, 3.63) is 28.2 Å². The second-order valence-electron chi connectivity index (χ2n) is 2.31. The van der Waals surface area contributed by atoms with Crippen molar-refractivity contribution in [2.45, 2.75) is 13.0 Å². The number of halogens is 2. The van der Waals surface area contributed by atoms with E-state index < -0.39 is 12.1 Å². The van der Waals surface area contributed by atoms with Gasteiger partial charge in [0, 0.05) is 16.2 Å². The van der Waals surface area contributed by atoms with E-state index in [1.54, 1.807) is 13.0 Å². The Kier molecular flexibility index (Phi) is 3.13. The van der Waals surface area contributed by atoms with E-state index in [9.17, 15) is 4.39 Å². The second-order valence-corrected chi connectivity index (χ2v) is 3.23. The Hall–Kier alpha value is -0.520. The lowest BCUT2D eigenvalue weighted by molar-refractivity contribution is 0.0632. The molecule has 0 aliphatic carbocycles. The number of hydrogen-bond acceptors (Lipinski definition) is 3. The molecular weight excluding hydrogens is 227 g/mol. The third-order valence-electron chi connectivity index (χ3n) is 1.47. The first-order chi connectivity index (χ1) is 5.65. The van der Waals surface area contributed by atoms with Crippen molar-refractivity contribution in [1.82, 2.24) is 4.98 Å². The van der Waals surface area contributed by atoms with Crippen LogP contribution in [0.25, 0.3) is 0 Å². The van der Waals surface area contributed by atoms with Crippen molar-refractivity contribution in [3.8, 4) is 0 Å². The molecule has 0 saturated carbocycles. The van der Waals surface area contributed by atoms with Gasteiger partial charge in [0.1, 0.15) is 6.10 Å². The van der Waals surface area contributed by atoms with E-state index in [-0.39, 0.29) is 0 Å². The molecule has 0 bridgehead atoms. The fourth-order valence-corrected chi connectivity index (χ4v) is 1.15. The Morgan fingerprint density at radius 3 is 3.00 bits per heavy atom. The van der Waals surface area contributed by atoms with Crippen molar-refractivity contribution in [3.63, 3.8) is 0 Å². The third kappa shape index (κ3) is 2.00. The second kappa shape index (κ2) is 3.93. The van der Waals surface area contributed by atoms with Gasteiger partial charge in [-0.25, -0.2) is 10.9 Å². The summed E-state index contributed by atoms with van der Waals surface area (Å²) in [5.41, 5.74) is 0.340. The van der Waals surface area contributed by atoms with Crippen LogP contribution < -0.4 is 5.90 Å². The predicted molar refractivity (Wildman–Crippen MR) is 45.6 cm³/mol. The summed E-state index contributed by atoms with van der Waals surface area (Å²) in [6, 6.07) is 1.58. The van der Waals surface area contributed by atoms with Crippen LogP contribution in [0.3, 0.4) is 0 Å². The van der Waals surface area contributed by atoms with Gasteiger partial charge in [0.05, 0.1) is 0 Å². The van der Waals surface area contributed by atoms with E-state index in [0.29, 0.717) is 10.0 Å². The largest absolute Gasteiger partial charge is 0.297 e. The Morgan fingerprint density at radius 1 is 1.75 bits per heavy atom. The number of nitrogens with two attached hydrogens (primary N) is 1. The molecule has 0 aliphatic rings. The zero-order valence-corrected chi connectivity index (χ0v) is 8.01. The van der Waals surface area contributed by atoms with E-state index in [4.69, 9.17) is 5.90 Å². The third-order valence-corrected chi connectivity index (χ3v) is 1.91. The van der Waals surface area contributed by atoms with E-state index in [1.165, 1.54) is 6.20 Å². The van der Waals surface area contributed by atoms with Crippen LogP contribution in [0.4, 0.5) is 4.39 Å². The lowest BCUT2D eigenvalue weighted by atomic mass is 10.2. The molecular formula is C7H8BrFN2O. The molecule has 5 heteroatoms. The Bertz CT molecular complexity index is 282. The lowest BCUT2D eigenvalue weighted by Crippen LogP contribution is -2.08. The van der Waals surface area contributed by atoms with Gasteiger partial charge in [-0.2, -0.15) is 4.39 Å². The smallest absolute Gasteiger partial charge is 0.218 e. The molecule has 12 heavy (non-hydrogen) atoms. The average molecular weight is 235 g/mol. The van der Waals surface area contributed by atoms with Gasteiger partial charge in [0.15, 0.2) is 0 Å². The molecule has 2 N–H and O–H groups in total. The van der Waals surface area contributed by atoms with Crippen LogP contribution in [-0.4, -0.2) is 4.98 Å². The standard InChI is InChI=1S/C7H8BrFN2O/c1-4(12-10)6-2-5(8)3-11-7(6)9/h2-4H,10H2,1H3. The molecule has 0 saturated heterocycles. The predicted octanol–water partition coefficient (Wildman–Crippen LogP) is 1.93. The molecule has 0 radical (unpaired) electrons. The van der Waals surface area contributed by atoms with Gasteiger partial charge in [-0.3, -0.25) is 4.84 Å².